The Hall–Kier alpha value is 0.920. The van der Waals surface area contributed by atoms with E-state index in [2.05, 4.69) is 0 Å². The molecule has 0 aromatic rings. The first-order chi connectivity index (χ1) is 1.91. The van der Waals surface area contributed by atoms with E-state index >= 15 is 0 Å². The standard InChI is InChI=1S/C2H6O2.Co.Ni/c3-1-2-4;;/h3-4H,1-2H2;;. The van der Waals surface area contributed by atoms with Gasteiger partial charge in [0.05, 0.1) is 13.2 Å². The van der Waals surface area contributed by atoms with E-state index in [4.69, 9.17) is 10.2 Å². The third-order valence-corrected chi connectivity index (χ3v) is 0.1000. The maximum absolute atomic E-state index is 7.62. The second kappa shape index (κ2) is 16.8. The summed E-state index contributed by atoms with van der Waals surface area (Å²) in [6, 6.07) is 0. The van der Waals surface area contributed by atoms with Crippen molar-refractivity contribution >= 4 is 0 Å². The molecule has 0 aliphatic rings. The molecule has 0 aliphatic heterocycles. The number of rotatable bonds is 1. The third kappa shape index (κ3) is 20.5. The van der Waals surface area contributed by atoms with Gasteiger partial charge >= 0.3 is 0 Å². The fraction of sp³-hybridized carbons (Fsp3) is 1.00. The smallest absolute Gasteiger partial charge is 0.0662 e. The van der Waals surface area contributed by atoms with Gasteiger partial charge in [0.2, 0.25) is 0 Å². The van der Waals surface area contributed by atoms with Crippen molar-refractivity contribution in [1.82, 2.24) is 0 Å². The minimum atomic E-state index is -0.125. The van der Waals surface area contributed by atoms with Crippen LogP contribution in [0.5, 0.6) is 0 Å². The van der Waals surface area contributed by atoms with Crippen molar-refractivity contribution < 1.29 is 43.5 Å². The molecule has 0 saturated carbocycles. The largest absolute Gasteiger partial charge is 0.394 e. The van der Waals surface area contributed by atoms with Gasteiger partial charge in [-0.1, -0.05) is 0 Å². The Morgan fingerprint density at radius 3 is 1.17 bits per heavy atom. The molecule has 2 nitrogen and oxygen atoms in total. The molecular weight excluding hydrogens is 174 g/mol. The zero-order valence-corrected chi connectivity index (χ0v) is 4.99. The average Bonchev–Trinajstić information content (AvgIpc) is 1.37. The predicted molar refractivity (Wildman–Crippen MR) is 14.2 cm³/mol. The van der Waals surface area contributed by atoms with Crippen LogP contribution in [0.1, 0.15) is 0 Å². The Morgan fingerprint density at radius 1 is 1.00 bits per heavy atom. The van der Waals surface area contributed by atoms with Crippen molar-refractivity contribution in [3.63, 3.8) is 0 Å². The van der Waals surface area contributed by atoms with E-state index in [-0.39, 0.29) is 46.5 Å². The number of hydrogen-bond donors (Lipinski definition) is 2. The first kappa shape index (κ1) is 15.8. The molecule has 0 aromatic carbocycles. The SMILES string of the molecule is OCCO.[Co].[Ni]. The predicted octanol–water partition coefficient (Wildman–Crippen LogP) is -1.03. The maximum Gasteiger partial charge on any atom is 0.0662 e. The molecule has 0 rings (SSSR count). The summed E-state index contributed by atoms with van der Waals surface area (Å²) in [5.41, 5.74) is 0. The van der Waals surface area contributed by atoms with Crippen LogP contribution in [0, 0.1) is 0 Å². The number of aliphatic hydroxyl groups is 2. The van der Waals surface area contributed by atoms with Crippen molar-refractivity contribution in [2.75, 3.05) is 13.2 Å². The summed E-state index contributed by atoms with van der Waals surface area (Å²) in [5.74, 6) is 0. The summed E-state index contributed by atoms with van der Waals surface area (Å²) in [4.78, 5) is 0. The van der Waals surface area contributed by atoms with Crippen LogP contribution in [0.3, 0.4) is 0 Å². The van der Waals surface area contributed by atoms with Gasteiger partial charge in [-0.25, -0.2) is 0 Å². The molecule has 0 spiro atoms. The van der Waals surface area contributed by atoms with Gasteiger partial charge in [0.15, 0.2) is 0 Å². The number of aliphatic hydroxyl groups excluding tert-OH is 2. The minimum Gasteiger partial charge on any atom is -0.394 e. The molecule has 2 N–H and O–H groups in total. The van der Waals surface area contributed by atoms with E-state index < -0.39 is 0 Å². The van der Waals surface area contributed by atoms with Crippen LogP contribution < -0.4 is 0 Å². The first-order valence-electron chi connectivity index (χ1n) is 1.13. The van der Waals surface area contributed by atoms with Crippen molar-refractivity contribution in [3.8, 4) is 0 Å². The molecule has 0 amide bonds. The zero-order chi connectivity index (χ0) is 3.41. The zero-order valence-electron chi connectivity index (χ0n) is 2.96. The first-order valence-corrected chi connectivity index (χ1v) is 1.13. The van der Waals surface area contributed by atoms with Crippen LogP contribution in [0.25, 0.3) is 0 Å². The monoisotopic (exact) mass is 179 g/mol. The van der Waals surface area contributed by atoms with Crippen LogP contribution in [-0.4, -0.2) is 23.4 Å². The van der Waals surface area contributed by atoms with Crippen LogP contribution >= 0.6 is 0 Å². The molecule has 45 valence electrons. The van der Waals surface area contributed by atoms with E-state index in [0.29, 0.717) is 0 Å². The second-order valence-electron chi connectivity index (χ2n) is 0.447. The van der Waals surface area contributed by atoms with Gasteiger partial charge in [0.25, 0.3) is 0 Å². The molecule has 0 atom stereocenters. The Bertz CT molecular complexity index is 13.5. The van der Waals surface area contributed by atoms with Crippen LogP contribution in [0.15, 0.2) is 0 Å². The van der Waals surface area contributed by atoms with Crippen LogP contribution in [-0.2, 0) is 33.3 Å². The summed E-state index contributed by atoms with van der Waals surface area (Å²) < 4.78 is 0. The summed E-state index contributed by atoms with van der Waals surface area (Å²) in [7, 11) is 0. The summed E-state index contributed by atoms with van der Waals surface area (Å²) in [6.07, 6.45) is 0. The molecule has 1 radical (unpaired) electrons. The topological polar surface area (TPSA) is 40.5 Å². The average molecular weight is 180 g/mol. The summed E-state index contributed by atoms with van der Waals surface area (Å²) in [5, 5.41) is 15.2. The van der Waals surface area contributed by atoms with Crippen LogP contribution in [0.4, 0.5) is 0 Å². The van der Waals surface area contributed by atoms with Gasteiger partial charge in [0.1, 0.15) is 0 Å². The van der Waals surface area contributed by atoms with E-state index in [1.54, 1.807) is 0 Å². The molecule has 0 bridgehead atoms. The fourth-order valence-corrected chi connectivity index (χ4v) is 0. The minimum absolute atomic E-state index is 0. The van der Waals surface area contributed by atoms with Crippen molar-refractivity contribution in [3.05, 3.63) is 0 Å². The normalized spacial score (nSPS) is 5.00. The molecule has 0 saturated heterocycles. The van der Waals surface area contributed by atoms with Crippen molar-refractivity contribution in [2.45, 2.75) is 0 Å². The van der Waals surface area contributed by atoms with Gasteiger partial charge in [-0.15, -0.1) is 0 Å². The summed E-state index contributed by atoms with van der Waals surface area (Å²) >= 11 is 0. The van der Waals surface area contributed by atoms with E-state index in [0.717, 1.165) is 0 Å². The Balaban J connectivity index is -0.0000000450. The summed E-state index contributed by atoms with van der Waals surface area (Å²) in [6.45, 7) is -0.250. The Labute approximate surface area is 57.1 Å². The Kier molecular flexibility index (Phi) is 44.2. The molecule has 0 unspecified atom stereocenters. The van der Waals surface area contributed by atoms with Gasteiger partial charge in [-0.2, -0.15) is 0 Å². The fourth-order valence-electron chi connectivity index (χ4n) is 0. The second-order valence-corrected chi connectivity index (χ2v) is 0.447. The number of hydrogen-bond acceptors (Lipinski definition) is 2. The molecule has 4 heteroatoms. The van der Waals surface area contributed by atoms with Gasteiger partial charge < -0.3 is 10.2 Å². The van der Waals surface area contributed by atoms with Gasteiger partial charge in [-0.05, 0) is 0 Å². The van der Waals surface area contributed by atoms with Crippen molar-refractivity contribution in [2.24, 2.45) is 0 Å². The molecule has 6 heavy (non-hydrogen) atoms. The van der Waals surface area contributed by atoms with Crippen LogP contribution in [0.2, 0.25) is 0 Å². The molecular formula is C2H6CoNiO2. The third-order valence-electron chi connectivity index (χ3n) is 0.1000. The van der Waals surface area contributed by atoms with E-state index in [1.807, 2.05) is 0 Å². The molecule has 0 fully saturated rings. The van der Waals surface area contributed by atoms with E-state index in [1.165, 1.54) is 0 Å². The maximum atomic E-state index is 7.62. The van der Waals surface area contributed by atoms with Gasteiger partial charge in [-0.3, -0.25) is 0 Å². The van der Waals surface area contributed by atoms with E-state index in [9.17, 15) is 0 Å². The molecule has 0 aromatic heterocycles. The Morgan fingerprint density at radius 2 is 1.17 bits per heavy atom. The quantitative estimate of drug-likeness (QED) is 0.506. The molecule has 0 aliphatic carbocycles. The molecule has 0 heterocycles. The van der Waals surface area contributed by atoms with Crippen molar-refractivity contribution in [1.29, 1.82) is 0 Å². The van der Waals surface area contributed by atoms with Gasteiger partial charge in [0, 0.05) is 33.3 Å².